The van der Waals surface area contributed by atoms with E-state index >= 15 is 0 Å². The summed E-state index contributed by atoms with van der Waals surface area (Å²) in [5, 5.41) is 6.95. The van der Waals surface area contributed by atoms with Crippen LogP contribution < -0.4 is 5.32 Å². The predicted molar refractivity (Wildman–Crippen MR) is 51.6 cm³/mol. The van der Waals surface area contributed by atoms with Gasteiger partial charge in [-0.25, -0.2) is 0 Å². The van der Waals surface area contributed by atoms with Crippen molar-refractivity contribution in [2.45, 2.75) is 13.5 Å². The third-order valence-corrected chi connectivity index (χ3v) is 2.13. The van der Waals surface area contributed by atoms with Crippen LogP contribution in [0.4, 0.5) is 0 Å². The van der Waals surface area contributed by atoms with Crippen LogP contribution in [0.15, 0.2) is 23.4 Å². The monoisotopic (exact) mass is 176 g/mol. The van der Waals surface area contributed by atoms with E-state index in [-0.39, 0.29) is 0 Å². The zero-order chi connectivity index (χ0) is 9.26. The highest BCUT2D eigenvalue weighted by atomic mass is 16.6. The van der Waals surface area contributed by atoms with E-state index in [9.17, 15) is 0 Å². The van der Waals surface area contributed by atoms with Crippen molar-refractivity contribution in [3.05, 3.63) is 34.9 Å². The maximum absolute atomic E-state index is 5.06. The number of aryl methyl sites for hydroxylation is 1. The van der Waals surface area contributed by atoms with Crippen LogP contribution >= 0.6 is 0 Å². The first-order chi connectivity index (χ1) is 6.31. The van der Waals surface area contributed by atoms with Crippen molar-refractivity contribution in [1.82, 2.24) is 5.32 Å². The van der Waals surface area contributed by atoms with Crippen molar-refractivity contribution in [1.29, 1.82) is 0 Å². The molecule has 1 aromatic rings. The zero-order valence-corrected chi connectivity index (χ0v) is 7.79. The molecule has 0 unspecified atom stereocenters. The van der Waals surface area contributed by atoms with Crippen LogP contribution in [-0.2, 0) is 11.4 Å². The van der Waals surface area contributed by atoms with Gasteiger partial charge in [0.05, 0.1) is 0 Å². The second kappa shape index (κ2) is 3.09. The molecular formula is C10H12N2O. The quantitative estimate of drug-likeness (QED) is 0.648. The standard InChI is InChI=1S/C10H12N2O/c1-7-3-4-8-6-13-12-10(11-2)9(8)5-7/h3-5H,6H2,1-2H3,(H,11,12). The number of hydrogen-bond donors (Lipinski definition) is 1. The highest BCUT2D eigenvalue weighted by Crippen LogP contribution is 2.17. The van der Waals surface area contributed by atoms with Gasteiger partial charge in [0.1, 0.15) is 6.61 Å². The molecule has 1 heterocycles. The fourth-order valence-electron chi connectivity index (χ4n) is 1.43. The summed E-state index contributed by atoms with van der Waals surface area (Å²) < 4.78 is 0. The van der Waals surface area contributed by atoms with Crippen LogP contribution in [0.2, 0.25) is 0 Å². The molecule has 68 valence electrons. The Hall–Kier alpha value is -1.51. The Kier molecular flexibility index (Phi) is 1.93. The van der Waals surface area contributed by atoms with Gasteiger partial charge in [-0.15, -0.1) is 0 Å². The second-order valence-electron chi connectivity index (χ2n) is 3.12. The average molecular weight is 176 g/mol. The molecule has 0 saturated heterocycles. The van der Waals surface area contributed by atoms with Gasteiger partial charge in [-0.05, 0) is 13.0 Å². The Morgan fingerprint density at radius 3 is 3.08 bits per heavy atom. The topological polar surface area (TPSA) is 33.6 Å². The summed E-state index contributed by atoms with van der Waals surface area (Å²) in [6, 6.07) is 6.28. The summed E-state index contributed by atoms with van der Waals surface area (Å²) in [5.41, 5.74) is 3.57. The van der Waals surface area contributed by atoms with E-state index in [0.29, 0.717) is 6.61 Å². The Labute approximate surface area is 77.4 Å². The van der Waals surface area contributed by atoms with E-state index in [1.165, 1.54) is 11.1 Å². The molecule has 0 aliphatic carbocycles. The Bertz CT molecular complexity index is 358. The maximum Gasteiger partial charge on any atom is 0.173 e. The zero-order valence-electron chi connectivity index (χ0n) is 7.79. The van der Waals surface area contributed by atoms with Gasteiger partial charge >= 0.3 is 0 Å². The summed E-state index contributed by atoms with van der Waals surface area (Å²) in [5.74, 6) is 0.810. The predicted octanol–water partition coefficient (Wildman–Crippen LogP) is 1.41. The molecule has 0 radical (unpaired) electrons. The normalized spacial score (nSPS) is 14.2. The third-order valence-electron chi connectivity index (χ3n) is 2.13. The van der Waals surface area contributed by atoms with E-state index in [0.717, 1.165) is 11.4 Å². The first-order valence-electron chi connectivity index (χ1n) is 4.29. The smallest absolute Gasteiger partial charge is 0.173 e. The van der Waals surface area contributed by atoms with Gasteiger partial charge in [0, 0.05) is 18.2 Å². The minimum absolute atomic E-state index is 0.570. The summed E-state index contributed by atoms with van der Waals surface area (Å²) in [7, 11) is 1.85. The highest BCUT2D eigenvalue weighted by Gasteiger charge is 2.13. The molecule has 0 spiro atoms. The summed E-state index contributed by atoms with van der Waals surface area (Å²) >= 11 is 0. The van der Waals surface area contributed by atoms with E-state index in [4.69, 9.17) is 4.84 Å². The molecule has 1 aliphatic heterocycles. The van der Waals surface area contributed by atoms with Crippen molar-refractivity contribution in [3.8, 4) is 0 Å². The van der Waals surface area contributed by atoms with Crippen molar-refractivity contribution in [2.24, 2.45) is 5.16 Å². The van der Waals surface area contributed by atoms with Gasteiger partial charge in [-0.1, -0.05) is 22.9 Å². The average Bonchev–Trinajstić information content (AvgIpc) is 2.17. The summed E-state index contributed by atoms with van der Waals surface area (Å²) in [6.45, 7) is 2.64. The number of fused-ring (bicyclic) bond motifs is 1. The van der Waals surface area contributed by atoms with Crippen molar-refractivity contribution in [2.75, 3.05) is 7.05 Å². The van der Waals surface area contributed by atoms with E-state index in [1.54, 1.807) is 0 Å². The Morgan fingerprint density at radius 1 is 1.46 bits per heavy atom. The Morgan fingerprint density at radius 2 is 2.31 bits per heavy atom. The lowest BCUT2D eigenvalue weighted by atomic mass is 10.0. The molecule has 3 nitrogen and oxygen atoms in total. The SMILES string of the molecule is CNC1=NOCc2ccc(C)cc21. The number of nitrogens with one attached hydrogen (secondary N) is 1. The Balaban J connectivity index is 2.51. The van der Waals surface area contributed by atoms with Crippen LogP contribution in [0, 0.1) is 6.92 Å². The molecule has 0 amide bonds. The number of hydrogen-bond acceptors (Lipinski definition) is 3. The molecule has 1 N–H and O–H groups in total. The summed E-state index contributed by atoms with van der Waals surface area (Å²) in [6.07, 6.45) is 0. The molecule has 1 aromatic carbocycles. The molecule has 2 rings (SSSR count). The fourth-order valence-corrected chi connectivity index (χ4v) is 1.43. The van der Waals surface area contributed by atoms with Crippen molar-refractivity contribution in [3.63, 3.8) is 0 Å². The fraction of sp³-hybridized carbons (Fsp3) is 0.300. The lowest BCUT2D eigenvalue weighted by Gasteiger charge is -2.16. The van der Waals surface area contributed by atoms with E-state index in [2.05, 4.69) is 35.6 Å². The maximum atomic E-state index is 5.06. The molecule has 0 aromatic heterocycles. The van der Waals surface area contributed by atoms with Gasteiger partial charge < -0.3 is 10.2 Å². The van der Waals surface area contributed by atoms with Gasteiger partial charge in [-0.3, -0.25) is 0 Å². The first-order valence-corrected chi connectivity index (χ1v) is 4.29. The highest BCUT2D eigenvalue weighted by molar-refractivity contribution is 6.00. The van der Waals surface area contributed by atoms with Crippen LogP contribution in [0.5, 0.6) is 0 Å². The van der Waals surface area contributed by atoms with Crippen LogP contribution in [0.25, 0.3) is 0 Å². The lowest BCUT2D eigenvalue weighted by molar-refractivity contribution is 0.125. The van der Waals surface area contributed by atoms with Gasteiger partial charge in [0.2, 0.25) is 0 Å². The van der Waals surface area contributed by atoms with Gasteiger partial charge in [-0.2, -0.15) is 0 Å². The van der Waals surface area contributed by atoms with Crippen LogP contribution in [0.3, 0.4) is 0 Å². The first kappa shape index (κ1) is 8.10. The van der Waals surface area contributed by atoms with Crippen molar-refractivity contribution < 1.29 is 4.84 Å². The van der Waals surface area contributed by atoms with E-state index in [1.807, 2.05) is 7.05 Å². The van der Waals surface area contributed by atoms with Crippen LogP contribution in [0.1, 0.15) is 16.7 Å². The number of oxime groups is 1. The molecule has 1 aliphatic rings. The summed E-state index contributed by atoms with van der Waals surface area (Å²) in [4.78, 5) is 5.06. The number of amidine groups is 1. The molecule has 0 saturated carbocycles. The van der Waals surface area contributed by atoms with Crippen LogP contribution in [-0.4, -0.2) is 12.9 Å². The largest absolute Gasteiger partial charge is 0.389 e. The minimum Gasteiger partial charge on any atom is -0.389 e. The molecule has 0 atom stereocenters. The third kappa shape index (κ3) is 1.37. The van der Waals surface area contributed by atoms with Gasteiger partial charge in [0.25, 0.3) is 0 Å². The molecule has 13 heavy (non-hydrogen) atoms. The number of rotatable bonds is 0. The molecule has 3 heteroatoms. The number of nitrogens with zero attached hydrogens (tertiary/aromatic N) is 1. The van der Waals surface area contributed by atoms with Gasteiger partial charge in [0.15, 0.2) is 5.84 Å². The second-order valence-corrected chi connectivity index (χ2v) is 3.12. The van der Waals surface area contributed by atoms with Crippen molar-refractivity contribution >= 4 is 5.84 Å². The number of benzene rings is 1. The lowest BCUT2D eigenvalue weighted by Crippen LogP contribution is -2.24. The molecule has 0 fully saturated rings. The minimum atomic E-state index is 0.570. The van der Waals surface area contributed by atoms with E-state index < -0.39 is 0 Å². The molecule has 0 bridgehead atoms. The molecular weight excluding hydrogens is 164 g/mol.